The second kappa shape index (κ2) is 17.4. The maximum Gasteiger partial charge on any atom is 0.207 e. The van der Waals surface area contributed by atoms with Crippen molar-refractivity contribution in [2.24, 2.45) is 10.8 Å². The van der Waals surface area contributed by atoms with Gasteiger partial charge in [-0.1, -0.05) is 154 Å². The van der Waals surface area contributed by atoms with E-state index < -0.39 is 0 Å². The smallest absolute Gasteiger partial charge is 0.207 e. The predicted molar refractivity (Wildman–Crippen MR) is 272 cm³/mol. The molecule has 0 fully saturated rings. The summed E-state index contributed by atoms with van der Waals surface area (Å²) in [6, 6.07) is 13.9. The summed E-state index contributed by atoms with van der Waals surface area (Å²) in [5.74, 6) is 1.41. The largest absolute Gasteiger partial charge is 0.460 e. The molecule has 3 unspecified atom stereocenters. The van der Waals surface area contributed by atoms with Crippen molar-refractivity contribution < 1.29 is 4.42 Å². The van der Waals surface area contributed by atoms with Gasteiger partial charge in [-0.2, -0.15) is 0 Å². The van der Waals surface area contributed by atoms with Crippen LogP contribution in [0.25, 0.3) is 26.8 Å². The van der Waals surface area contributed by atoms with Gasteiger partial charge in [0.25, 0.3) is 0 Å². The van der Waals surface area contributed by atoms with Gasteiger partial charge < -0.3 is 14.6 Å². The van der Waals surface area contributed by atoms with Crippen LogP contribution in [0.2, 0.25) is 0 Å². The first-order valence-electron chi connectivity index (χ1n) is 23.8. The lowest BCUT2D eigenvalue weighted by molar-refractivity contribution is 0.282. The van der Waals surface area contributed by atoms with E-state index in [9.17, 15) is 0 Å². The fourth-order valence-electron chi connectivity index (χ4n) is 10.6. The van der Waals surface area contributed by atoms with Crippen molar-refractivity contribution in [3.05, 3.63) is 137 Å². The second-order valence-electron chi connectivity index (χ2n) is 21.8. The first-order chi connectivity index (χ1) is 29.5. The van der Waals surface area contributed by atoms with Crippen LogP contribution in [0.4, 0.5) is 5.69 Å². The number of hydrogen-bond donors (Lipinski definition) is 1. The van der Waals surface area contributed by atoms with Crippen LogP contribution in [0.15, 0.2) is 119 Å². The zero-order valence-corrected chi connectivity index (χ0v) is 40.4. The Bertz CT molecular complexity index is 2500. The lowest BCUT2D eigenvalue weighted by Gasteiger charge is -2.42. The van der Waals surface area contributed by atoms with Crippen molar-refractivity contribution in [3.63, 3.8) is 0 Å². The maximum absolute atomic E-state index is 6.71. The Kier molecular flexibility index (Phi) is 12.5. The van der Waals surface area contributed by atoms with Crippen LogP contribution in [0.5, 0.6) is 0 Å². The summed E-state index contributed by atoms with van der Waals surface area (Å²) in [4.78, 5) is 2.76. The molecule has 2 aromatic carbocycles. The minimum absolute atomic E-state index is 0.0747. The van der Waals surface area contributed by atoms with Crippen molar-refractivity contribution in [1.82, 2.24) is 5.32 Å². The monoisotopic (exact) mass is 844 g/mol. The van der Waals surface area contributed by atoms with E-state index in [1.165, 1.54) is 80.2 Å². The molecule has 0 bridgehead atoms. The molecule has 0 saturated carbocycles. The number of hydrogen-bond acceptors (Lipinski definition) is 4. The molecule has 0 aliphatic heterocycles. The number of nitrogens with zero attached hydrogens (tertiary/aromatic N) is 1. The second-order valence-corrected chi connectivity index (χ2v) is 22.9. The third-order valence-electron chi connectivity index (χ3n) is 14.5. The number of fused-ring (bicyclic) bond motifs is 5. The Hall–Kier alpha value is -4.22. The zero-order chi connectivity index (χ0) is 44.0. The SMILES string of the molecule is C=CC(C/C=C/C(C)(C)CCCC)N(c1c([B]C2=CCCC=C2)sc2cc3c(cc12)C(C)(C)CCC3(C)C)C1C=C(NC2=CCC(C(C)(C)C)c3oc4ccccc4c32)C=CC1. The van der Waals surface area contributed by atoms with Crippen LogP contribution in [0.3, 0.4) is 0 Å². The molecule has 1 N–H and O–H groups in total. The maximum atomic E-state index is 6.71. The number of unbranched alkanes of at least 4 members (excludes halogenated alkanes) is 1. The van der Waals surface area contributed by atoms with Crippen LogP contribution in [0, 0.1) is 10.8 Å². The van der Waals surface area contributed by atoms with Gasteiger partial charge in [-0.15, -0.1) is 17.9 Å². The third kappa shape index (κ3) is 8.95. The molecule has 2 heterocycles. The van der Waals surface area contributed by atoms with Crippen LogP contribution in [0.1, 0.15) is 162 Å². The van der Waals surface area contributed by atoms with Gasteiger partial charge in [-0.05, 0) is 119 Å². The summed E-state index contributed by atoms with van der Waals surface area (Å²) in [5.41, 5.74) is 10.6. The highest BCUT2D eigenvalue weighted by Gasteiger charge is 2.40. The van der Waals surface area contributed by atoms with Crippen molar-refractivity contribution >= 4 is 55.8 Å². The molecule has 3 nitrogen and oxygen atoms in total. The van der Waals surface area contributed by atoms with Crippen LogP contribution >= 0.6 is 11.3 Å². The van der Waals surface area contributed by atoms with Gasteiger partial charge >= 0.3 is 0 Å². The number of allylic oxidation sites excluding steroid dienone is 7. The van der Waals surface area contributed by atoms with E-state index in [4.69, 9.17) is 4.42 Å². The standard InChI is InChI=1S/C57H72BN2OS/c1-12-14-31-55(6,7)32-21-26-40(13-2)60(41-25-20-24-39(35-41)59-47-30-29-44(54(3,4)5)52-50(47)42-27-18-19-28-48(42)61-52)51-43-36-45-46(57(10,11)34-33-56(45,8)9)37-49(43)62-53(51)58-38-22-16-15-17-23-38/h13,16,18-24,27-28,30,32,35-37,40-41,44,59H,2,12,14-15,17,25-26,29,31,33-34H2,1,3-11H3/b32-21+. The van der Waals surface area contributed by atoms with E-state index >= 15 is 0 Å². The van der Waals surface area contributed by atoms with E-state index in [-0.39, 0.29) is 33.7 Å². The highest BCUT2D eigenvalue weighted by Crippen LogP contribution is 2.50. The topological polar surface area (TPSA) is 28.4 Å². The number of benzene rings is 2. The molecule has 8 rings (SSSR count). The number of anilines is 1. The molecule has 325 valence electrons. The number of para-hydroxylation sites is 1. The van der Waals surface area contributed by atoms with Crippen molar-refractivity contribution in [1.29, 1.82) is 0 Å². The first kappa shape index (κ1) is 44.4. The van der Waals surface area contributed by atoms with E-state index in [1.54, 1.807) is 0 Å². The molecule has 4 aromatic rings. The lowest BCUT2D eigenvalue weighted by atomic mass is 9.62. The molecule has 4 aliphatic carbocycles. The molecule has 5 heteroatoms. The lowest BCUT2D eigenvalue weighted by Crippen LogP contribution is -2.45. The van der Waals surface area contributed by atoms with Crippen molar-refractivity contribution in [2.45, 2.75) is 162 Å². The van der Waals surface area contributed by atoms with Crippen molar-refractivity contribution in [3.8, 4) is 0 Å². The fraction of sp³-hybridized carbons (Fsp3) is 0.474. The summed E-state index contributed by atoms with van der Waals surface area (Å²) in [7, 11) is 2.48. The fourth-order valence-corrected chi connectivity index (χ4v) is 11.7. The first-order valence-corrected chi connectivity index (χ1v) is 24.6. The molecule has 0 saturated heterocycles. The van der Waals surface area contributed by atoms with E-state index in [0.717, 1.165) is 54.8 Å². The third-order valence-corrected chi connectivity index (χ3v) is 15.6. The molecule has 4 aliphatic rings. The highest BCUT2D eigenvalue weighted by atomic mass is 32.1. The highest BCUT2D eigenvalue weighted by molar-refractivity contribution is 7.28. The molecular weight excluding hydrogens is 772 g/mol. The molecule has 0 amide bonds. The van der Waals surface area contributed by atoms with Crippen molar-refractivity contribution in [2.75, 3.05) is 4.90 Å². The molecule has 62 heavy (non-hydrogen) atoms. The Morgan fingerprint density at radius 3 is 2.42 bits per heavy atom. The van der Waals surface area contributed by atoms with Gasteiger partial charge in [0.05, 0.1) is 17.8 Å². The van der Waals surface area contributed by atoms with Gasteiger partial charge in [0.15, 0.2) is 0 Å². The van der Waals surface area contributed by atoms with Gasteiger partial charge in [0.2, 0.25) is 7.28 Å². The quantitative estimate of drug-likeness (QED) is 0.101. The zero-order valence-electron chi connectivity index (χ0n) is 39.6. The van der Waals surface area contributed by atoms with E-state index in [2.05, 4.69) is 190 Å². The number of thiophene rings is 1. The number of nitrogens with one attached hydrogen (secondary N) is 1. The van der Waals surface area contributed by atoms with E-state index in [1.807, 2.05) is 11.3 Å². The van der Waals surface area contributed by atoms with Crippen LogP contribution in [-0.2, 0) is 10.8 Å². The Balaban J connectivity index is 1.27. The number of rotatable bonds is 14. The summed E-state index contributed by atoms with van der Waals surface area (Å²) in [6.45, 7) is 28.5. The van der Waals surface area contributed by atoms with E-state index in [0.29, 0.717) is 5.92 Å². The summed E-state index contributed by atoms with van der Waals surface area (Å²) in [5, 5.41) is 6.55. The average Bonchev–Trinajstić information content (AvgIpc) is 3.79. The van der Waals surface area contributed by atoms with Gasteiger partial charge in [-0.3, -0.25) is 0 Å². The molecular formula is C57H72BN2OS. The molecule has 1 radical (unpaired) electrons. The van der Waals surface area contributed by atoms with Gasteiger partial charge in [0, 0.05) is 38.3 Å². The van der Waals surface area contributed by atoms with Crippen LogP contribution < -0.4 is 15.0 Å². The van der Waals surface area contributed by atoms with Gasteiger partial charge in [0.1, 0.15) is 11.3 Å². The van der Waals surface area contributed by atoms with Gasteiger partial charge in [-0.25, -0.2) is 0 Å². The minimum Gasteiger partial charge on any atom is -0.460 e. The van der Waals surface area contributed by atoms with Crippen LogP contribution in [-0.4, -0.2) is 19.4 Å². The molecule has 2 aromatic heterocycles. The summed E-state index contributed by atoms with van der Waals surface area (Å²) in [6.07, 6.45) is 34.8. The predicted octanol–water partition coefficient (Wildman–Crippen LogP) is 15.5. The summed E-state index contributed by atoms with van der Waals surface area (Å²) < 4.78 is 9.44. The normalized spacial score (nSPS) is 21.3. The Morgan fingerprint density at radius 1 is 0.952 bits per heavy atom. The minimum atomic E-state index is 0.0747. The Labute approximate surface area is 379 Å². The summed E-state index contributed by atoms with van der Waals surface area (Å²) >= 11 is 1.98. The number of furan rings is 1. The average molecular weight is 844 g/mol. The molecule has 3 atom stereocenters. The Morgan fingerprint density at radius 2 is 1.71 bits per heavy atom. The molecule has 0 spiro atoms.